The number of carboxylic acid groups (broad SMARTS) is 1. The van der Waals surface area contributed by atoms with Gasteiger partial charge in [0.2, 0.25) is 5.91 Å². The molecule has 2 bridgehead atoms. The number of esters is 2. The summed E-state index contributed by atoms with van der Waals surface area (Å²) >= 11 is 0. The van der Waals surface area contributed by atoms with Crippen molar-refractivity contribution in [2.75, 3.05) is 6.54 Å². The summed E-state index contributed by atoms with van der Waals surface area (Å²) in [4.78, 5) is 46.6. The number of hydrogen-bond donors (Lipinski definition) is 2. The van der Waals surface area contributed by atoms with E-state index < -0.39 is 35.5 Å². The molecule has 2 aliphatic carbocycles. The van der Waals surface area contributed by atoms with Crippen molar-refractivity contribution < 1.29 is 33.8 Å². The molecule has 8 heteroatoms. The quantitative estimate of drug-likeness (QED) is 0.382. The van der Waals surface area contributed by atoms with Gasteiger partial charge in [-0.25, -0.2) is 0 Å². The van der Waals surface area contributed by atoms with Crippen LogP contribution in [0.25, 0.3) is 0 Å². The van der Waals surface area contributed by atoms with Crippen LogP contribution in [0.2, 0.25) is 0 Å². The topological polar surface area (TPSA) is 119 Å². The predicted octanol–water partition coefficient (Wildman–Crippen LogP) is 0.0168. The van der Waals surface area contributed by atoms with Crippen LogP contribution in [0.1, 0.15) is 25.7 Å². The van der Waals surface area contributed by atoms with E-state index >= 15 is 0 Å². The molecular weight excluding hydrogens is 318 g/mol. The van der Waals surface area contributed by atoms with Crippen LogP contribution in [0.5, 0.6) is 0 Å². The highest BCUT2D eigenvalue weighted by Gasteiger charge is 2.73. The lowest BCUT2D eigenvalue weighted by Gasteiger charge is -2.32. The van der Waals surface area contributed by atoms with Crippen LogP contribution >= 0.6 is 0 Å². The van der Waals surface area contributed by atoms with Crippen LogP contribution in [-0.2, 0) is 28.7 Å². The van der Waals surface area contributed by atoms with Gasteiger partial charge in [0, 0.05) is 18.9 Å². The van der Waals surface area contributed by atoms with Crippen molar-refractivity contribution in [2.24, 2.45) is 17.3 Å². The van der Waals surface area contributed by atoms with Crippen molar-refractivity contribution in [3.8, 4) is 0 Å². The Labute approximate surface area is 138 Å². The Morgan fingerprint density at radius 2 is 2.17 bits per heavy atom. The van der Waals surface area contributed by atoms with Gasteiger partial charge < -0.3 is 19.9 Å². The van der Waals surface area contributed by atoms with Crippen molar-refractivity contribution in [3.63, 3.8) is 0 Å². The van der Waals surface area contributed by atoms with E-state index in [1.807, 2.05) is 0 Å². The van der Waals surface area contributed by atoms with Gasteiger partial charge in [-0.2, -0.15) is 0 Å². The molecule has 24 heavy (non-hydrogen) atoms. The Morgan fingerprint density at radius 3 is 2.83 bits per heavy atom. The molecule has 0 aromatic rings. The van der Waals surface area contributed by atoms with E-state index in [1.165, 1.54) is 0 Å². The fraction of sp³-hybridized carbons (Fsp3) is 0.625. The number of rotatable bonds is 7. The zero-order valence-electron chi connectivity index (χ0n) is 13.0. The molecule has 1 amide bonds. The molecule has 2 N–H and O–H groups in total. The van der Waals surface area contributed by atoms with Gasteiger partial charge in [-0.15, -0.1) is 0 Å². The fourth-order valence-electron chi connectivity index (χ4n) is 4.13. The molecule has 3 rings (SSSR count). The number of nitrogens with one attached hydrogen (secondary N) is 1. The number of carbonyl (C=O) groups is 4. The standard InChI is InChI=1S/C16H19NO7/c1-2-10(18)17-5-3-4-11(19)23-13-12-8-6-16(13,15(21)22)7-9(8)14(20)24-12/h2,8-9,12-13H,1,3-7H2,(H,17,18)(H,21,22). The largest absolute Gasteiger partial charge is 0.481 e. The lowest BCUT2D eigenvalue weighted by Crippen LogP contribution is -2.47. The van der Waals surface area contributed by atoms with Crippen LogP contribution in [0.3, 0.4) is 0 Å². The molecule has 2 saturated carbocycles. The highest BCUT2D eigenvalue weighted by atomic mass is 16.6. The van der Waals surface area contributed by atoms with Gasteiger partial charge >= 0.3 is 17.9 Å². The van der Waals surface area contributed by atoms with Gasteiger partial charge in [0.05, 0.1) is 5.92 Å². The Bertz CT molecular complexity index is 616. The molecule has 5 unspecified atom stereocenters. The lowest BCUT2D eigenvalue weighted by molar-refractivity contribution is -0.175. The van der Waals surface area contributed by atoms with Crippen LogP contribution in [-0.4, -0.2) is 47.7 Å². The average molecular weight is 337 g/mol. The first-order chi connectivity index (χ1) is 11.4. The second-order valence-corrected chi connectivity index (χ2v) is 6.55. The molecule has 130 valence electrons. The van der Waals surface area contributed by atoms with Crippen LogP contribution in [0.15, 0.2) is 12.7 Å². The van der Waals surface area contributed by atoms with Crippen LogP contribution in [0, 0.1) is 17.3 Å². The average Bonchev–Trinajstić information content (AvgIpc) is 3.13. The molecule has 1 aliphatic heterocycles. The number of hydrogen-bond acceptors (Lipinski definition) is 6. The molecule has 8 nitrogen and oxygen atoms in total. The minimum absolute atomic E-state index is 0.0401. The summed E-state index contributed by atoms with van der Waals surface area (Å²) in [7, 11) is 0. The summed E-state index contributed by atoms with van der Waals surface area (Å²) in [5.74, 6) is -2.90. The van der Waals surface area contributed by atoms with E-state index in [9.17, 15) is 24.3 Å². The molecular formula is C16H19NO7. The van der Waals surface area contributed by atoms with E-state index in [0.717, 1.165) is 6.08 Å². The van der Waals surface area contributed by atoms with Crippen molar-refractivity contribution in [1.82, 2.24) is 5.32 Å². The SMILES string of the molecule is C=CC(=O)NCCCC(=O)OC1C2OC(=O)C3CC1(C(=O)O)CC32. The van der Waals surface area contributed by atoms with Crippen molar-refractivity contribution in [3.05, 3.63) is 12.7 Å². The first kappa shape index (κ1) is 16.5. The maximum absolute atomic E-state index is 12.0. The first-order valence-corrected chi connectivity index (χ1v) is 7.92. The minimum Gasteiger partial charge on any atom is -0.481 e. The maximum Gasteiger partial charge on any atom is 0.313 e. The van der Waals surface area contributed by atoms with Gasteiger partial charge in [-0.1, -0.05) is 6.58 Å². The Hall–Kier alpha value is -2.38. The summed E-state index contributed by atoms with van der Waals surface area (Å²) in [6.07, 6.45) is 0.413. The molecule has 3 fully saturated rings. The molecule has 3 aliphatic rings. The molecule has 1 saturated heterocycles. The van der Waals surface area contributed by atoms with Crippen molar-refractivity contribution in [1.29, 1.82) is 0 Å². The summed E-state index contributed by atoms with van der Waals surface area (Å²) < 4.78 is 10.6. The minimum atomic E-state index is -1.22. The molecule has 5 atom stereocenters. The number of aliphatic carboxylic acids is 1. The third-order valence-corrected chi connectivity index (χ3v) is 5.25. The lowest BCUT2D eigenvalue weighted by atomic mass is 9.78. The summed E-state index contributed by atoms with van der Waals surface area (Å²) in [5.41, 5.74) is -1.22. The van der Waals surface area contributed by atoms with Gasteiger partial charge in [-0.05, 0) is 25.3 Å². The number of fused-ring (bicyclic) bond motifs is 1. The maximum atomic E-state index is 12.0. The van der Waals surface area contributed by atoms with E-state index in [2.05, 4.69) is 11.9 Å². The first-order valence-electron chi connectivity index (χ1n) is 7.92. The van der Waals surface area contributed by atoms with E-state index in [1.54, 1.807) is 0 Å². The number of carbonyl (C=O) groups excluding carboxylic acids is 3. The molecule has 0 spiro atoms. The Balaban J connectivity index is 1.59. The number of ether oxygens (including phenoxy) is 2. The third-order valence-electron chi connectivity index (χ3n) is 5.25. The van der Waals surface area contributed by atoms with Crippen LogP contribution < -0.4 is 5.32 Å². The van der Waals surface area contributed by atoms with Gasteiger partial charge in [0.25, 0.3) is 0 Å². The molecule has 0 radical (unpaired) electrons. The summed E-state index contributed by atoms with van der Waals surface area (Å²) in [6.45, 7) is 3.61. The summed E-state index contributed by atoms with van der Waals surface area (Å²) in [6, 6.07) is 0. The summed E-state index contributed by atoms with van der Waals surface area (Å²) in [5, 5.41) is 12.1. The van der Waals surface area contributed by atoms with Crippen molar-refractivity contribution >= 4 is 23.8 Å². The van der Waals surface area contributed by atoms with Crippen LogP contribution in [0.4, 0.5) is 0 Å². The van der Waals surface area contributed by atoms with Gasteiger partial charge in [0.15, 0.2) is 6.10 Å². The van der Waals surface area contributed by atoms with E-state index in [0.29, 0.717) is 12.8 Å². The predicted molar refractivity (Wildman–Crippen MR) is 78.5 cm³/mol. The highest BCUT2D eigenvalue weighted by molar-refractivity contribution is 5.87. The number of carboxylic acids is 1. The second-order valence-electron chi connectivity index (χ2n) is 6.55. The molecule has 0 aromatic heterocycles. The second kappa shape index (κ2) is 5.92. The highest BCUT2D eigenvalue weighted by Crippen LogP contribution is 2.62. The van der Waals surface area contributed by atoms with Gasteiger partial charge in [-0.3, -0.25) is 19.2 Å². The smallest absolute Gasteiger partial charge is 0.313 e. The zero-order chi connectivity index (χ0) is 17.5. The number of amides is 1. The van der Waals surface area contributed by atoms with E-state index in [4.69, 9.17) is 9.47 Å². The van der Waals surface area contributed by atoms with E-state index in [-0.39, 0.29) is 37.2 Å². The normalized spacial score (nSPS) is 35.4. The zero-order valence-corrected chi connectivity index (χ0v) is 13.0. The van der Waals surface area contributed by atoms with Gasteiger partial charge in [0.1, 0.15) is 11.5 Å². The Morgan fingerprint density at radius 1 is 1.42 bits per heavy atom. The fourth-order valence-corrected chi connectivity index (χ4v) is 4.13. The third kappa shape index (κ3) is 2.46. The molecule has 0 aromatic carbocycles. The monoisotopic (exact) mass is 337 g/mol. The molecule has 1 heterocycles. The Kier molecular flexibility index (Phi) is 4.06. The van der Waals surface area contributed by atoms with Crippen molar-refractivity contribution in [2.45, 2.75) is 37.9 Å².